The highest BCUT2D eigenvalue weighted by molar-refractivity contribution is 6.30. The number of benzene rings is 1. The molecule has 0 aliphatic carbocycles. The van der Waals surface area contributed by atoms with Crippen LogP contribution in [0.2, 0.25) is 5.02 Å². The zero-order valence-electron chi connectivity index (χ0n) is 16.5. The summed E-state index contributed by atoms with van der Waals surface area (Å²) in [6.45, 7) is 7.11. The third-order valence-electron chi connectivity index (χ3n) is 4.60. The highest BCUT2D eigenvalue weighted by Gasteiger charge is 2.26. The number of nitrogens with zero attached hydrogens (tertiary/aromatic N) is 4. The summed E-state index contributed by atoms with van der Waals surface area (Å²) < 4.78 is 12.5. The average Bonchev–Trinajstić information content (AvgIpc) is 3.30. The fourth-order valence-electron chi connectivity index (χ4n) is 3.21. The number of rotatable bonds is 3. The van der Waals surface area contributed by atoms with Gasteiger partial charge in [0.1, 0.15) is 18.1 Å². The van der Waals surface area contributed by atoms with Crippen molar-refractivity contribution in [2.24, 2.45) is 0 Å². The van der Waals surface area contributed by atoms with Gasteiger partial charge in [-0.1, -0.05) is 23.7 Å². The highest BCUT2D eigenvalue weighted by atomic mass is 35.5. The molecular weight excluding hydrogens is 394 g/mol. The van der Waals surface area contributed by atoms with Crippen molar-refractivity contribution in [1.29, 1.82) is 0 Å². The number of halogens is 1. The Bertz CT molecular complexity index is 1040. The number of anilines is 1. The molecule has 1 aliphatic rings. The minimum atomic E-state index is -0.578. The Balaban J connectivity index is 1.79. The van der Waals surface area contributed by atoms with Gasteiger partial charge in [0, 0.05) is 17.0 Å². The molecule has 0 radical (unpaired) electrons. The molecule has 1 saturated heterocycles. The fourth-order valence-corrected chi connectivity index (χ4v) is 3.33. The minimum Gasteiger partial charge on any atom is -0.443 e. The molecule has 1 amide bonds. The maximum atomic E-state index is 12.4. The van der Waals surface area contributed by atoms with Gasteiger partial charge < -0.3 is 9.47 Å². The number of hydrogen-bond donors (Lipinski definition) is 1. The van der Waals surface area contributed by atoms with Gasteiger partial charge in [0.2, 0.25) is 0 Å². The van der Waals surface area contributed by atoms with Gasteiger partial charge in [-0.05, 0) is 32.9 Å². The van der Waals surface area contributed by atoms with Crippen LogP contribution in [0, 0.1) is 0 Å². The molecule has 4 rings (SSSR count). The molecular formula is C20H22ClN5O3. The molecule has 1 aliphatic heterocycles. The number of fused-ring (bicyclic) bond motifs is 1. The van der Waals surface area contributed by atoms with Crippen molar-refractivity contribution in [1.82, 2.24) is 19.7 Å². The molecule has 3 aromatic rings. The number of hydrogen-bond acceptors (Lipinski definition) is 6. The lowest BCUT2D eigenvalue weighted by molar-refractivity contribution is 0.0931. The van der Waals surface area contributed by atoms with E-state index in [0.717, 1.165) is 5.56 Å². The summed E-state index contributed by atoms with van der Waals surface area (Å²) in [5, 5.41) is 8.81. The van der Waals surface area contributed by atoms with Gasteiger partial charge in [-0.3, -0.25) is 5.32 Å². The maximum absolute atomic E-state index is 12.4. The summed E-state index contributed by atoms with van der Waals surface area (Å²) in [6, 6.07) is 7.35. The number of ether oxygens (including phenoxy) is 2. The van der Waals surface area contributed by atoms with Crippen LogP contribution in [-0.4, -0.2) is 45.2 Å². The molecule has 1 aromatic carbocycles. The topological polar surface area (TPSA) is 91.2 Å². The Kier molecular flexibility index (Phi) is 5.14. The van der Waals surface area contributed by atoms with Gasteiger partial charge in [0.05, 0.1) is 24.1 Å². The van der Waals surface area contributed by atoms with Gasteiger partial charge in [0.25, 0.3) is 0 Å². The predicted octanol–water partition coefficient (Wildman–Crippen LogP) is 4.24. The van der Waals surface area contributed by atoms with Crippen molar-refractivity contribution in [2.45, 2.75) is 38.8 Å². The maximum Gasteiger partial charge on any atom is 0.413 e. The van der Waals surface area contributed by atoms with Crippen LogP contribution >= 0.6 is 11.6 Å². The lowest BCUT2D eigenvalue weighted by atomic mass is 10.1. The lowest BCUT2D eigenvalue weighted by Crippen LogP contribution is -2.24. The first-order chi connectivity index (χ1) is 13.8. The van der Waals surface area contributed by atoms with E-state index in [-0.39, 0.29) is 11.6 Å². The standard InChI is InChI=1S/C20H22ClN5O3/c1-20(2,3)26-18-15(16(25-26)12-4-6-13(21)7-5-12)17(22-11-23-18)24-19(27)29-14-8-9-28-10-14/h4-7,11,14H,8-10H2,1-3H3,(H,22,23,24,27)/t14-/m1/s1. The zero-order valence-corrected chi connectivity index (χ0v) is 17.2. The van der Waals surface area contributed by atoms with Crippen molar-refractivity contribution in [3.8, 4) is 11.3 Å². The Morgan fingerprint density at radius 1 is 1.28 bits per heavy atom. The Labute approximate surface area is 173 Å². The number of aromatic nitrogens is 4. The van der Waals surface area contributed by atoms with Crippen molar-refractivity contribution in [3.63, 3.8) is 0 Å². The molecule has 0 spiro atoms. The summed E-state index contributed by atoms with van der Waals surface area (Å²) >= 11 is 6.04. The molecule has 2 aromatic heterocycles. The molecule has 1 fully saturated rings. The Hall–Kier alpha value is -2.71. The molecule has 3 heterocycles. The summed E-state index contributed by atoms with van der Waals surface area (Å²) in [6.07, 6.45) is 1.27. The van der Waals surface area contributed by atoms with Gasteiger partial charge >= 0.3 is 6.09 Å². The molecule has 1 atom stereocenters. The summed E-state index contributed by atoms with van der Waals surface area (Å²) in [5.74, 6) is 0.347. The van der Waals surface area contributed by atoms with E-state index in [1.165, 1.54) is 6.33 Å². The van der Waals surface area contributed by atoms with Crippen molar-refractivity contribution < 1.29 is 14.3 Å². The van der Waals surface area contributed by atoms with Crippen LogP contribution in [0.25, 0.3) is 22.3 Å². The van der Waals surface area contributed by atoms with Crippen LogP contribution in [0.15, 0.2) is 30.6 Å². The van der Waals surface area contributed by atoms with E-state index in [1.807, 2.05) is 37.6 Å². The SMILES string of the molecule is CC(C)(C)n1nc(-c2ccc(Cl)cc2)c2c(NC(=O)O[C@@H]3CCOC3)ncnc21. The number of nitrogens with one attached hydrogen (secondary N) is 1. The molecule has 0 bridgehead atoms. The van der Waals surface area contributed by atoms with Crippen molar-refractivity contribution >= 4 is 34.5 Å². The third-order valence-corrected chi connectivity index (χ3v) is 4.85. The summed E-state index contributed by atoms with van der Waals surface area (Å²) in [4.78, 5) is 21.1. The van der Waals surface area contributed by atoms with Crippen molar-refractivity contribution in [2.75, 3.05) is 18.5 Å². The van der Waals surface area contributed by atoms with Crippen LogP contribution < -0.4 is 5.32 Å². The lowest BCUT2D eigenvalue weighted by Gasteiger charge is -2.19. The monoisotopic (exact) mass is 415 g/mol. The summed E-state index contributed by atoms with van der Waals surface area (Å²) in [5.41, 5.74) is 1.80. The fraction of sp³-hybridized carbons (Fsp3) is 0.400. The van der Waals surface area contributed by atoms with E-state index in [0.29, 0.717) is 47.2 Å². The third kappa shape index (κ3) is 4.04. The predicted molar refractivity (Wildman–Crippen MR) is 110 cm³/mol. The van der Waals surface area contributed by atoms with Crippen LogP contribution in [0.5, 0.6) is 0 Å². The normalized spacial score (nSPS) is 16.9. The van der Waals surface area contributed by atoms with E-state index < -0.39 is 6.09 Å². The highest BCUT2D eigenvalue weighted by Crippen LogP contribution is 2.34. The van der Waals surface area contributed by atoms with Crippen molar-refractivity contribution in [3.05, 3.63) is 35.6 Å². The Morgan fingerprint density at radius 2 is 2.03 bits per heavy atom. The van der Waals surface area contributed by atoms with E-state index in [9.17, 15) is 4.79 Å². The molecule has 0 unspecified atom stereocenters. The van der Waals surface area contributed by atoms with Gasteiger partial charge in [-0.2, -0.15) is 5.10 Å². The van der Waals surface area contributed by atoms with Crippen LogP contribution in [0.4, 0.5) is 10.6 Å². The minimum absolute atomic E-state index is 0.250. The number of carbonyl (C=O) groups excluding carboxylic acids is 1. The average molecular weight is 416 g/mol. The van der Waals surface area contributed by atoms with E-state index >= 15 is 0 Å². The van der Waals surface area contributed by atoms with E-state index in [4.69, 9.17) is 26.2 Å². The molecule has 0 saturated carbocycles. The molecule has 9 heteroatoms. The zero-order chi connectivity index (χ0) is 20.6. The molecule has 152 valence electrons. The smallest absolute Gasteiger partial charge is 0.413 e. The second kappa shape index (κ2) is 7.61. The second-order valence-corrected chi connectivity index (χ2v) is 8.31. The number of amides is 1. The van der Waals surface area contributed by atoms with Gasteiger partial charge in [-0.15, -0.1) is 0 Å². The van der Waals surface area contributed by atoms with Gasteiger partial charge in [0.15, 0.2) is 11.5 Å². The van der Waals surface area contributed by atoms with Crippen LogP contribution in [0.1, 0.15) is 27.2 Å². The number of carbonyl (C=O) groups is 1. The van der Waals surface area contributed by atoms with E-state index in [2.05, 4.69) is 15.3 Å². The van der Waals surface area contributed by atoms with Crippen LogP contribution in [-0.2, 0) is 15.0 Å². The Morgan fingerprint density at radius 3 is 2.69 bits per heavy atom. The molecule has 8 nitrogen and oxygen atoms in total. The van der Waals surface area contributed by atoms with Gasteiger partial charge in [-0.25, -0.2) is 19.4 Å². The first kappa shape index (κ1) is 19.6. The first-order valence-corrected chi connectivity index (χ1v) is 9.76. The van der Waals surface area contributed by atoms with E-state index in [1.54, 1.807) is 12.1 Å². The molecule has 1 N–H and O–H groups in total. The van der Waals surface area contributed by atoms with Crippen LogP contribution in [0.3, 0.4) is 0 Å². The first-order valence-electron chi connectivity index (χ1n) is 9.38. The largest absolute Gasteiger partial charge is 0.443 e. The second-order valence-electron chi connectivity index (χ2n) is 7.87. The molecule has 29 heavy (non-hydrogen) atoms. The summed E-state index contributed by atoms with van der Waals surface area (Å²) in [7, 11) is 0. The quantitative estimate of drug-likeness (QED) is 0.688.